The number of carboxylic acids is 2. The Balaban J connectivity index is 0.000000377. The second-order valence-corrected chi connectivity index (χ2v) is 6.76. The van der Waals surface area contributed by atoms with Gasteiger partial charge in [0.15, 0.2) is 11.5 Å². The normalized spacial score (nSPS) is 15.2. The number of carbonyl (C=O) groups is 2. The molecule has 0 atom stereocenters. The molecule has 9 nitrogen and oxygen atoms in total. The molecule has 0 amide bonds. The summed E-state index contributed by atoms with van der Waals surface area (Å²) >= 11 is 0. The van der Waals surface area contributed by atoms with E-state index in [-0.39, 0.29) is 0 Å². The summed E-state index contributed by atoms with van der Waals surface area (Å²) in [6.45, 7) is 5.47. The van der Waals surface area contributed by atoms with Gasteiger partial charge in [0, 0.05) is 38.4 Å². The van der Waals surface area contributed by atoms with Crippen LogP contribution >= 0.6 is 0 Å². The zero-order valence-electron chi connectivity index (χ0n) is 16.6. The third kappa shape index (κ3) is 5.54. The molecule has 0 unspecified atom stereocenters. The molecule has 9 heteroatoms. The highest BCUT2D eigenvalue weighted by molar-refractivity contribution is 6.27. The third-order valence-corrected chi connectivity index (χ3v) is 4.84. The highest BCUT2D eigenvalue weighted by Gasteiger charge is 2.19. The number of piperazine rings is 1. The van der Waals surface area contributed by atoms with E-state index in [1.807, 2.05) is 18.2 Å². The van der Waals surface area contributed by atoms with Crippen molar-refractivity contribution >= 4 is 17.6 Å². The van der Waals surface area contributed by atoms with Crippen LogP contribution in [0.5, 0.6) is 17.2 Å². The maximum Gasteiger partial charge on any atom is 0.414 e. The minimum atomic E-state index is -1.82. The lowest BCUT2D eigenvalue weighted by molar-refractivity contribution is -0.159. The van der Waals surface area contributed by atoms with Gasteiger partial charge < -0.3 is 29.3 Å². The first kappa shape index (κ1) is 21.3. The molecule has 4 rings (SSSR count). The van der Waals surface area contributed by atoms with Gasteiger partial charge in [0.25, 0.3) is 0 Å². The van der Waals surface area contributed by atoms with Gasteiger partial charge in [-0.3, -0.25) is 4.90 Å². The van der Waals surface area contributed by atoms with Crippen LogP contribution in [0.15, 0.2) is 42.5 Å². The van der Waals surface area contributed by atoms with Crippen molar-refractivity contribution in [1.82, 2.24) is 4.90 Å². The van der Waals surface area contributed by atoms with Crippen LogP contribution in [0.25, 0.3) is 0 Å². The zero-order valence-corrected chi connectivity index (χ0v) is 16.6. The van der Waals surface area contributed by atoms with Crippen LogP contribution in [0, 0.1) is 0 Å². The van der Waals surface area contributed by atoms with Gasteiger partial charge in [-0.15, -0.1) is 0 Å². The molecule has 0 spiro atoms. The van der Waals surface area contributed by atoms with Gasteiger partial charge in [-0.05, 0) is 42.0 Å². The molecule has 0 saturated carbocycles. The molecule has 2 aliphatic heterocycles. The Morgan fingerprint density at radius 1 is 0.933 bits per heavy atom. The van der Waals surface area contributed by atoms with E-state index in [9.17, 15) is 0 Å². The van der Waals surface area contributed by atoms with Gasteiger partial charge in [0.05, 0.1) is 7.11 Å². The van der Waals surface area contributed by atoms with Gasteiger partial charge in [0.2, 0.25) is 6.79 Å². The number of hydrogen-bond acceptors (Lipinski definition) is 7. The van der Waals surface area contributed by atoms with Gasteiger partial charge in [-0.25, -0.2) is 9.59 Å². The van der Waals surface area contributed by atoms with E-state index < -0.39 is 11.9 Å². The minimum absolute atomic E-state index is 0.333. The van der Waals surface area contributed by atoms with Crippen molar-refractivity contribution < 1.29 is 34.0 Å². The summed E-state index contributed by atoms with van der Waals surface area (Å²) in [6, 6.07) is 14.5. The molecule has 2 aromatic carbocycles. The largest absolute Gasteiger partial charge is 0.497 e. The SMILES string of the molecule is COc1ccc(N2CCN(Cc3ccc4c(c3)OCO4)CC2)cc1.O=C(O)C(=O)O. The fourth-order valence-corrected chi connectivity index (χ4v) is 3.25. The van der Waals surface area contributed by atoms with Crippen LogP contribution in [-0.4, -0.2) is 67.1 Å². The van der Waals surface area contributed by atoms with E-state index in [0.29, 0.717) is 6.79 Å². The van der Waals surface area contributed by atoms with Gasteiger partial charge in [-0.1, -0.05) is 6.07 Å². The highest BCUT2D eigenvalue weighted by atomic mass is 16.7. The highest BCUT2D eigenvalue weighted by Crippen LogP contribution is 2.33. The van der Waals surface area contributed by atoms with Crippen LogP contribution in [0.4, 0.5) is 5.69 Å². The van der Waals surface area contributed by atoms with E-state index in [1.54, 1.807) is 7.11 Å². The summed E-state index contributed by atoms with van der Waals surface area (Å²) in [5, 5.41) is 14.8. The summed E-state index contributed by atoms with van der Waals surface area (Å²) in [7, 11) is 1.70. The van der Waals surface area contributed by atoms with E-state index in [1.165, 1.54) is 11.3 Å². The predicted octanol–water partition coefficient (Wildman–Crippen LogP) is 1.90. The molecule has 2 aliphatic rings. The van der Waals surface area contributed by atoms with Crippen molar-refractivity contribution in [3.63, 3.8) is 0 Å². The molecule has 1 fully saturated rings. The van der Waals surface area contributed by atoms with E-state index in [2.05, 4.69) is 34.1 Å². The number of methoxy groups -OCH3 is 1. The molecule has 0 radical (unpaired) electrons. The second-order valence-electron chi connectivity index (χ2n) is 6.76. The monoisotopic (exact) mass is 416 g/mol. The van der Waals surface area contributed by atoms with E-state index >= 15 is 0 Å². The topological polar surface area (TPSA) is 109 Å². The molecule has 0 aromatic heterocycles. The van der Waals surface area contributed by atoms with Crippen LogP contribution in [-0.2, 0) is 16.1 Å². The summed E-state index contributed by atoms with van der Waals surface area (Å²) < 4.78 is 16.1. The second kappa shape index (κ2) is 9.84. The molecule has 160 valence electrons. The summed E-state index contributed by atoms with van der Waals surface area (Å²) in [4.78, 5) is 23.1. The summed E-state index contributed by atoms with van der Waals surface area (Å²) in [5.74, 6) is -1.03. The van der Waals surface area contributed by atoms with Crippen LogP contribution in [0.3, 0.4) is 0 Å². The maximum absolute atomic E-state index is 9.10. The fourth-order valence-electron chi connectivity index (χ4n) is 3.25. The van der Waals surface area contributed by atoms with Crippen LogP contribution in [0.2, 0.25) is 0 Å². The maximum atomic E-state index is 9.10. The van der Waals surface area contributed by atoms with Crippen LogP contribution in [0.1, 0.15) is 5.56 Å². The number of anilines is 1. The number of fused-ring (bicyclic) bond motifs is 1. The summed E-state index contributed by atoms with van der Waals surface area (Å²) in [6.07, 6.45) is 0. The molecule has 30 heavy (non-hydrogen) atoms. The predicted molar refractivity (Wildman–Crippen MR) is 108 cm³/mol. The Morgan fingerprint density at radius 3 is 2.17 bits per heavy atom. The van der Waals surface area contributed by atoms with Crippen molar-refractivity contribution in [3.8, 4) is 17.2 Å². The first-order valence-electron chi connectivity index (χ1n) is 9.42. The lowest BCUT2D eigenvalue weighted by Gasteiger charge is -2.36. The van der Waals surface area contributed by atoms with Crippen molar-refractivity contribution in [2.75, 3.05) is 45.0 Å². The smallest absolute Gasteiger partial charge is 0.414 e. The van der Waals surface area contributed by atoms with E-state index in [0.717, 1.165) is 50.0 Å². The molecule has 2 heterocycles. The lowest BCUT2D eigenvalue weighted by Crippen LogP contribution is -2.45. The summed E-state index contributed by atoms with van der Waals surface area (Å²) in [5.41, 5.74) is 2.54. The Kier molecular flexibility index (Phi) is 6.97. The van der Waals surface area contributed by atoms with Crippen molar-refractivity contribution in [2.45, 2.75) is 6.54 Å². The molecule has 1 saturated heterocycles. The molecule has 2 aromatic rings. The molecule has 0 aliphatic carbocycles. The van der Waals surface area contributed by atoms with Crippen molar-refractivity contribution in [3.05, 3.63) is 48.0 Å². The minimum Gasteiger partial charge on any atom is -0.497 e. The number of benzene rings is 2. The third-order valence-electron chi connectivity index (χ3n) is 4.84. The average Bonchev–Trinajstić information content (AvgIpc) is 3.23. The molecule has 2 N–H and O–H groups in total. The Hall–Kier alpha value is -3.46. The number of rotatable bonds is 4. The first-order chi connectivity index (χ1) is 14.5. The first-order valence-corrected chi connectivity index (χ1v) is 9.42. The fraction of sp³-hybridized carbons (Fsp3) is 0.333. The average molecular weight is 416 g/mol. The molecular weight excluding hydrogens is 392 g/mol. The Labute approximate surface area is 174 Å². The van der Waals surface area contributed by atoms with Crippen molar-refractivity contribution in [2.24, 2.45) is 0 Å². The zero-order chi connectivity index (χ0) is 21.5. The standard InChI is InChI=1S/C19H22N2O3.C2H2O4/c1-22-17-5-3-16(4-6-17)21-10-8-20(9-11-21)13-15-2-7-18-19(12-15)24-14-23-18;3-1(4)2(5)6/h2-7,12H,8-11,13-14H2,1H3;(H,3,4)(H,5,6). The van der Waals surface area contributed by atoms with Gasteiger partial charge in [0.1, 0.15) is 5.75 Å². The Bertz CT molecular complexity index is 865. The number of carboxylic acid groups (broad SMARTS) is 2. The van der Waals surface area contributed by atoms with Crippen LogP contribution < -0.4 is 19.1 Å². The number of nitrogens with zero attached hydrogens (tertiary/aromatic N) is 2. The quantitative estimate of drug-likeness (QED) is 0.722. The van der Waals surface area contributed by atoms with Crippen molar-refractivity contribution in [1.29, 1.82) is 0 Å². The molecule has 0 bridgehead atoms. The van der Waals surface area contributed by atoms with Gasteiger partial charge in [-0.2, -0.15) is 0 Å². The Morgan fingerprint density at radius 2 is 1.57 bits per heavy atom. The number of aliphatic carboxylic acids is 2. The lowest BCUT2D eigenvalue weighted by atomic mass is 10.1. The number of hydrogen-bond donors (Lipinski definition) is 2. The number of ether oxygens (including phenoxy) is 3. The molecular formula is C21H24N2O7. The van der Waals surface area contributed by atoms with E-state index in [4.69, 9.17) is 34.0 Å². The van der Waals surface area contributed by atoms with Gasteiger partial charge >= 0.3 is 11.9 Å².